The lowest BCUT2D eigenvalue weighted by atomic mass is 10.1. The zero-order valence-corrected chi connectivity index (χ0v) is 16.6. The fraction of sp³-hybridized carbons (Fsp3) is 0.0833. The number of fused-ring (bicyclic) bond motifs is 1. The van der Waals surface area contributed by atoms with Crippen molar-refractivity contribution < 1.29 is 13.9 Å². The van der Waals surface area contributed by atoms with Crippen LogP contribution in [0.3, 0.4) is 0 Å². The van der Waals surface area contributed by atoms with Crippen molar-refractivity contribution in [2.24, 2.45) is 0 Å². The number of aromatic nitrogens is 1. The molecule has 1 amide bonds. The molecule has 0 saturated carbocycles. The Labute approximate surface area is 173 Å². The second-order valence-corrected chi connectivity index (χ2v) is 6.87. The van der Waals surface area contributed by atoms with E-state index in [0.29, 0.717) is 5.69 Å². The average Bonchev–Trinajstić information content (AvgIpc) is 2.75. The van der Waals surface area contributed by atoms with Gasteiger partial charge in [-0.15, -0.1) is 0 Å². The van der Waals surface area contributed by atoms with Crippen LogP contribution >= 0.6 is 0 Å². The van der Waals surface area contributed by atoms with E-state index in [4.69, 9.17) is 4.74 Å². The molecule has 0 atom stereocenters. The highest BCUT2D eigenvalue weighted by Crippen LogP contribution is 2.26. The van der Waals surface area contributed by atoms with E-state index in [0.717, 1.165) is 33.7 Å². The number of rotatable bonds is 5. The van der Waals surface area contributed by atoms with E-state index in [1.807, 2.05) is 49.4 Å². The monoisotopic (exact) mass is 401 g/mol. The van der Waals surface area contributed by atoms with Gasteiger partial charge in [-0.2, -0.15) is 0 Å². The van der Waals surface area contributed by atoms with Gasteiger partial charge in [-0.05, 0) is 79.2 Å². The highest BCUT2D eigenvalue weighted by atomic mass is 19.1. The van der Waals surface area contributed by atoms with E-state index in [1.165, 1.54) is 18.2 Å². The molecule has 0 aliphatic heterocycles. The molecule has 1 aromatic heterocycles. The van der Waals surface area contributed by atoms with Crippen LogP contribution in [0.4, 0.5) is 21.6 Å². The van der Waals surface area contributed by atoms with Gasteiger partial charge in [0, 0.05) is 22.3 Å². The molecule has 0 bridgehead atoms. The van der Waals surface area contributed by atoms with Gasteiger partial charge in [-0.3, -0.25) is 4.79 Å². The number of halogens is 1. The molecule has 3 aromatic carbocycles. The quantitative estimate of drug-likeness (QED) is 0.451. The normalized spacial score (nSPS) is 10.6. The summed E-state index contributed by atoms with van der Waals surface area (Å²) in [7, 11) is 1.63. The molecular formula is C24H20FN3O2. The third kappa shape index (κ3) is 4.22. The van der Waals surface area contributed by atoms with E-state index in [9.17, 15) is 9.18 Å². The molecule has 5 nitrogen and oxygen atoms in total. The van der Waals surface area contributed by atoms with Crippen LogP contribution in [0.5, 0.6) is 5.75 Å². The molecule has 150 valence electrons. The minimum Gasteiger partial charge on any atom is -0.497 e. The number of anilines is 3. The van der Waals surface area contributed by atoms with Gasteiger partial charge in [-0.1, -0.05) is 6.07 Å². The molecule has 6 heteroatoms. The molecule has 0 aliphatic rings. The summed E-state index contributed by atoms with van der Waals surface area (Å²) >= 11 is 0. The summed E-state index contributed by atoms with van der Waals surface area (Å²) in [6.45, 7) is 1.99. The molecule has 0 spiro atoms. The first kappa shape index (κ1) is 19.4. The third-order valence-electron chi connectivity index (χ3n) is 4.72. The van der Waals surface area contributed by atoms with E-state index < -0.39 is 5.82 Å². The van der Waals surface area contributed by atoms with Crippen molar-refractivity contribution in [1.82, 2.24) is 4.98 Å². The van der Waals surface area contributed by atoms with Gasteiger partial charge in [0.1, 0.15) is 17.4 Å². The minimum atomic E-state index is -0.446. The first-order valence-electron chi connectivity index (χ1n) is 9.41. The Bertz CT molecular complexity index is 1220. The van der Waals surface area contributed by atoms with Crippen molar-refractivity contribution in [3.8, 4) is 5.75 Å². The Morgan fingerprint density at radius 2 is 1.73 bits per heavy atom. The third-order valence-corrected chi connectivity index (χ3v) is 4.72. The summed E-state index contributed by atoms with van der Waals surface area (Å²) in [5.41, 5.74) is 3.61. The number of nitrogens with zero attached hydrogens (tertiary/aromatic N) is 1. The number of carbonyl (C=O) groups is 1. The molecule has 0 radical (unpaired) electrons. The van der Waals surface area contributed by atoms with E-state index in [-0.39, 0.29) is 11.5 Å². The summed E-state index contributed by atoms with van der Waals surface area (Å²) in [5, 5.41) is 7.02. The predicted molar refractivity (Wildman–Crippen MR) is 117 cm³/mol. The van der Waals surface area contributed by atoms with E-state index in [1.54, 1.807) is 19.2 Å². The molecule has 0 saturated heterocycles. The Kier molecular flexibility index (Phi) is 5.30. The Morgan fingerprint density at radius 3 is 2.47 bits per heavy atom. The van der Waals surface area contributed by atoms with Crippen molar-refractivity contribution in [3.05, 3.63) is 89.7 Å². The molecule has 1 heterocycles. The van der Waals surface area contributed by atoms with Crippen LogP contribution in [0.1, 0.15) is 15.9 Å². The Balaban J connectivity index is 1.56. The van der Waals surface area contributed by atoms with Crippen LogP contribution in [0, 0.1) is 12.7 Å². The average molecular weight is 401 g/mol. The first-order valence-corrected chi connectivity index (χ1v) is 9.41. The van der Waals surface area contributed by atoms with Crippen LogP contribution < -0.4 is 15.4 Å². The van der Waals surface area contributed by atoms with Crippen LogP contribution in [0.2, 0.25) is 0 Å². The van der Waals surface area contributed by atoms with Crippen molar-refractivity contribution in [2.45, 2.75) is 6.92 Å². The molecule has 0 fully saturated rings. The van der Waals surface area contributed by atoms with E-state index >= 15 is 0 Å². The number of nitrogens with one attached hydrogen (secondary N) is 2. The predicted octanol–water partition coefficient (Wildman–Crippen LogP) is 5.69. The number of ether oxygens (including phenoxy) is 1. The minimum absolute atomic E-state index is 0.268. The number of pyridine rings is 1. The molecule has 4 rings (SSSR count). The summed E-state index contributed by atoms with van der Waals surface area (Å²) in [5.74, 6) is 0.702. The summed E-state index contributed by atoms with van der Waals surface area (Å²) in [4.78, 5) is 17.0. The first-order chi connectivity index (χ1) is 14.5. The van der Waals surface area contributed by atoms with Crippen LogP contribution in [-0.4, -0.2) is 18.0 Å². The van der Waals surface area contributed by atoms with Gasteiger partial charge in [-0.25, -0.2) is 9.37 Å². The molecule has 0 aliphatic carbocycles. The molecule has 4 aromatic rings. The van der Waals surface area contributed by atoms with Gasteiger partial charge in [0.15, 0.2) is 0 Å². The molecule has 30 heavy (non-hydrogen) atoms. The zero-order chi connectivity index (χ0) is 21.1. The number of methoxy groups -OCH3 is 1. The highest BCUT2D eigenvalue weighted by Gasteiger charge is 2.09. The summed E-state index contributed by atoms with van der Waals surface area (Å²) in [6, 6.07) is 20.6. The largest absolute Gasteiger partial charge is 0.497 e. The van der Waals surface area contributed by atoms with Gasteiger partial charge in [0.05, 0.1) is 12.6 Å². The maximum Gasteiger partial charge on any atom is 0.255 e. The van der Waals surface area contributed by atoms with Gasteiger partial charge in [0.25, 0.3) is 5.91 Å². The molecule has 2 N–H and O–H groups in total. The number of carbonyl (C=O) groups excluding carboxylic acids is 1. The van der Waals surface area contributed by atoms with Crippen LogP contribution in [0.15, 0.2) is 72.8 Å². The standard InChI is InChI=1S/C24H20FN3O2/c1-15-12-23(26-18-6-9-20(30-2)10-7-18)28-22-11-8-19(14-21(15)22)27-24(29)16-4-3-5-17(25)13-16/h3-14H,1-2H3,(H,26,28)(H,27,29). The van der Waals surface area contributed by atoms with E-state index in [2.05, 4.69) is 15.6 Å². The Hall–Kier alpha value is -3.93. The zero-order valence-electron chi connectivity index (χ0n) is 16.6. The second-order valence-electron chi connectivity index (χ2n) is 6.87. The Morgan fingerprint density at radius 1 is 0.967 bits per heavy atom. The second kappa shape index (κ2) is 8.21. The maximum absolute atomic E-state index is 13.4. The SMILES string of the molecule is COc1ccc(Nc2cc(C)c3cc(NC(=O)c4cccc(F)c4)ccc3n2)cc1. The van der Waals surface area contributed by atoms with Crippen molar-refractivity contribution in [2.75, 3.05) is 17.7 Å². The summed E-state index contributed by atoms with van der Waals surface area (Å²) in [6.07, 6.45) is 0. The topological polar surface area (TPSA) is 63.2 Å². The molecule has 0 unspecified atom stereocenters. The summed E-state index contributed by atoms with van der Waals surface area (Å²) < 4.78 is 18.5. The van der Waals surface area contributed by atoms with Crippen LogP contribution in [0.25, 0.3) is 10.9 Å². The fourth-order valence-electron chi connectivity index (χ4n) is 3.19. The number of aryl methyl sites for hydroxylation is 1. The fourth-order valence-corrected chi connectivity index (χ4v) is 3.19. The van der Waals surface area contributed by atoms with Gasteiger partial charge in [0.2, 0.25) is 0 Å². The lowest BCUT2D eigenvalue weighted by Crippen LogP contribution is -2.12. The lowest BCUT2D eigenvalue weighted by molar-refractivity contribution is 0.102. The number of hydrogen-bond acceptors (Lipinski definition) is 4. The van der Waals surface area contributed by atoms with Crippen molar-refractivity contribution >= 4 is 34.0 Å². The smallest absolute Gasteiger partial charge is 0.255 e. The van der Waals surface area contributed by atoms with Crippen molar-refractivity contribution in [3.63, 3.8) is 0 Å². The highest BCUT2D eigenvalue weighted by molar-refractivity contribution is 6.05. The van der Waals surface area contributed by atoms with Gasteiger partial charge < -0.3 is 15.4 Å². The molecular weight excluding hydrogens is 381 g/mol. The number of amides is 1. The number of benzene rings is 3. The number of hydrogen-bond donors (Lipinski definition) is 2. The van der Waals surface area contributed by atoms with Gasteiger partial charge >= 0.3 is 0 Å². The maximum atomic E-state index is 13.4. The lowest BCUT2D eigenvalue weighted by Gasteiger charge is -2.11. The van der Waals surface area contributed by atoms with Crippen LogP contribution in [-0.2, 0) is 0 Å². The van der Waals surface area contributed by atoms with Crippen molar-refractivity contribution in [1.29, 1.82) is 0 Å².